The molecule has 1 aliphatic heterocycles. The average molecular weight is 244 g/mol. The Kier molecular flexibility index (Phi) is 5.88. The number of rotatable bonds is 4. The van der Waals surface area contributed by atoms with Crippen LogP contribution in [0.2, 0.25) is 0 Å². The highest BCUT2D eigenvalue weighted by molar-refractivity contribution is 6.35. The van der Waals surface area contributed by atoms with Crippen LogP contribution in [0.25, 0.3) is 0 Å². The Morgan fingerprint density at radius 3 is 2.41 bits per heavy atom. The van der Waals surface area contributed by atoms with Gasteiger partial charge < -0.3 is 21.1 Å². The first kappa shape index (κ1) is 13.9. The van der Waals surface area contributed by atoms with Crippen molar-refractivity contribution >= 4 is 11.8 Å². The summed E-state index contributed by atoms with van der Waals surface area (Å²) >= 11 is 0. The zero-order valence-electron chi connectivity index (χ0n) is 9.89. The van der Waals surface area contributed by atoms with Crippen LogP contribution in [0.15, 0.2) is 0 Å². The normalized spacial score (nSPS) is 16.9. The summed E-state index contributed by atoms with van der Waals surface area (Å²) < 4.78 is 0. The predicted octanol–water partition coefficient (Wildman–Crippen LogP) is -2.80. The fraction of sp³-hybridized carbons (Fsp3) is 0.800. The Hall–Kier alpha value is -1.18. The van der Waals surface area contributed by atoms with Gasteiger partial charge in [0.25, 0.3) is 0 Å². The van der Waals surface area contributed by atoms with Crippen molar-refractivity contribution in [2.24, 2.45) is 5.73 Å². The van der Waals surface area contributed by atoms with Crippen LogP contribution in [0.5, 0.6) is 0 Å². The van der Waals surface area contributed by atoms with E-state index in [1.54, 1.807) is 0 Å². The minimum atomic E-state index is -0.592. The van der Waals surface area contributed by atoms with E-state index in [-0.39, 0.29) is 6.61 Å². The molecular formula is C10H20N4O3. The molecule has 7 nitrogen and oxygen atoms in total. The number of carbonyl (C=O) groups excluding carboxylic acids is 2. The summed E-state index contributed by atoms with van der Waals surface area (Å²) in [4.78, 5) is 26.7. The molecule has 0 bridgehead atoms. The van der Waals surface area contributed by atoms with E-state index < -0.39 is 11.8 Å². The quantitative estimate of drug-likeness (QED) is 0.464. The molecule has 0 spiro atoms. The molecule has 0 unspecified atom stereocenters. The van der Waals surface area contributed by atoms with Crippen LogP contribution in [-0.4, -0.2) is 79.1 Å². The van der Waals surface area contributed by atoms with Crippen LogP contribution in [0.3, 0.4) is 0 Å². The maximum atomic E-state index is 11.7. The molecule has 0 aromatic heterocycles. The fourth-order valence-corrected chi connectivity index (χ4v) is 1.72. The third-order valence-electron chi connectivity index (χ3n) is 2.70. The lowest BCUT2D eigenvalue weighted by Gasteiger charge is -2.33. The first-order valence-corrected chi connectivity index (χ1v) is 5.79. The number of aliphatic hydroxyl groups is 1. The minimum Gasteiger partial charge on any atom is -0.395 e. The lowest BCUT2D eigenvalue weighted by molar-refractivity contribution is -0.147. The highest BCUT2D eigenvalue weighted by Crippen LogP contribution is 2.01. The number of β-amino-alcohol motifs (C(OH)–C–C–N with tert-alkyl or cyclic N) is 1. The van der Waals surface area contributed by atoms with E-state index >= 15 is 0 Å². The first-order chi connectivity index (χ1) is 8.19. The molecule has 1 rings (SSSR count). The second kappa shape index (κ2) is 7.21. The number of carbonyl (C=O) groups is 2. The Bertz CT molecular complexity index is 264. The number of hydrogen-bond donors (Lipinski definition) is 3. The summed E-state index contributed by atoms with van der Waals surface area (Å²) in [5.41, 5.74) is 5.24. The van der Waals surface area contributed by atoms with Crippen molar-refractivity contribution in [2.75, 3.05) is 52.4 Å². The highest BCUT2D eigenvalue weighted by Gasteiger charge is 2.25. The molecule has 0 aliphatic carbocycles. The summed E-state index contributed by atoms with van der Waals surface area (Å²) in [6.45, 7) is 3.79. The molecule has 0 saturated carbocycles. The van der Waals surface area contributed by atoms with Gasteiger partial charge in [-0.15, -0.1) is 0 Å². The van der Waals surface area contributed by atoms with Gasteiger partial charge >= 0.3 is 11.8 Å². The summed E-state index contributed by atoms with van der Waals surface area (Å²) in [6.07, 6.45) is 0. The van der Waals surface area contributed by atoms with Crippen molar-refractivity contribution in [2.45, 2.75) is 0 Å². The van der Waals surface area contributed by atoms with Crippen molar-refractivity contribution < 1.29 is 14.7 Å². The molecule has 98 valence electrons. The molecule has 0 radical (unpaired) electrons. The van der Waals surface area contributed by atoms with Gasteiger partial charge in [0.1, 0.15) is 0 Å². The van der Waals surface area contributed by atoms with E-state index in [4.69, 9.17) is 10.8 Å². The van der Waals surface area contributed by atoms with Crippen LogP contribution >= 0.6 is 0 Å². The van der Waals surface area contributed by atoms with Gasteiger partial charge in [-0.25, -0.2) is 0 Å². The average Bonchev–Trinajstić information content (AvgIpc) is 2.36. The van der Waals surface area contributed by atoms with Crippen molar-refractivity contribution in [3.8, 4) is 0 Å². The monoisotopic (exact) mass is 244 g/mol. The number of aliphatic hydroxyl groups excluding tert-OH is 1. The van der Waals surface area contributed by atoms with Gasteiger partial charge in [0.05, 0.1) is 6.61 Å². The Morgan fingerprint density at radius 2 is 1.88 bits per heavy atom. The van der Waals surface area contributed by atoms with Gasteiger partial charge in [-0.3, -0.25) is 14.5 Å². The van der Waals surface area contributed by atoms with Crippen LogP contribution in [-0.2, 0) is 9.59 Å². The molecule has 17 heavy (non-hydrogen) atoms. The van der Waals surface area contributed by atoms with Gasteiger partial charge in [0, 0.05) is 45.8 Å². The molecule has 4 N–H and O–H groups in total. The summed E-state index contributed by atoms with van der Waals surface area (Å²) in [5, 5.41) is 11.2. The Labute approximate surface area is 101 Å². The van der Waals surface area contributed by atoms with Crippen molar-refractivity contribution in [1.29, 1.82) is 0 Å². The smallest absolute Gasteiger partial charge is 0.311 e. The second-order valence-electron chi connectivity index (χ2n) is 3.90. The molecule has 0 aromatic carbocycles. The van der Waals surface area contributed by atoms with E-state index in [0.29, 0.717) is 45.8 Å². The molecule has 0 aromatic rings. The Morgan fingerprint density at radius 1 is 1.24 bits per heavy atom. The standard InChI is InChI=1S/C10H20N4O3/c11-1-2-12-9(16)10(17)14-5-3-13(4-6-14)7-8-15/h15H,1-8,11H2,(H,12,16). The highest BCUT2D eigenvalue weighted by atomic mass is 16.3. The number of amides is 2. The molecule has 1 aliphatic rings. The summed E-state index contributed by atoms with van der Waals surface area (Å²) in [7, 11) is 0. The van der Waals surface area contributed by atoms with Gasteiger partial charge in [-0.2, -0.15) is 0 Å². The molecular weight excluding hydrogens is 224 g/mol. The summed E-state index contributed by atoms with van der Waals surface area (Å²) in [5.74, 6) is -1.09. The van der Waals surface area contributed by atoms with Crippen LogP contribution in [0, 0.1) is 0 Å². The Balaban J connectivity index is 2.32. The van der Waals surface area contributed by atoms with Crippen molar-refractivity contribution in [3.63, 3.8) is 0 Å². The zero-order chi connectivity index (χ0) is 12.7. The molecule has 1 fully saturated rings. The van der Waals surface area contributed by atoms with Crippen LogP contribution in [0.4, 0.5) is 0 Å². The maximum Gasteiger partial charge on any atom is 0.311 e. The van der Waals surface area contributed by atoms with Crippen LogP contribution in [0.1, 0.15) is 0 Å². The van der Waals surface area contributed by atoms with E-state index in [1.807, 2.05) is 0 Å². The third-order valence-corrected chi connectivity index (χ3v) is 2.70. The van der Waals surface area contributed by atoms with E-state index in [0.717, 1.165) is 0 Å². The number of nitrogens with zero attached hydrogens (tertiary/aromatic N) is 2. The number of hydrogen-bond acceptors (Lipinski definition) is 5. The zero-order valence-corrected chi connectivity index (χ0v) is 9.89. The number of piperazine rings is 1. The van der Waals surface area contributed by atoms with E-state index in [1.165, 1.54) is 4.90 Å². The lowest BCUT2D eigenvalue weighted by Crippen LogP contribution is -2.53. The van der Waals surface area contributed by atoms with Gasteiger partial charge in [0.2, 0.25) is 0 Å². The van der Waals surface area contributed by atoms with Gasteiger partial charge in [-0.1, -0.05) is 0 Å². The van der Waals surface area contributed by atoms with Gasteiger partial charge in [0.15, 0.2) is 0 Å². The number of nitrogens with one attached hydrogen (secondary N) is 1. The molecule has 0 atom stereocenters. The molecule has 2 amide bonds. The summed E-state index contributed by atoms with van der Waals surface area (Å²) in [6, 6.07) is 0. The van der Waals surface area contributed by atoms with E-state index in [2.05, 4.69) is 10.2 Å². The fourth-order valence-electron chi connectivity index (χ4n) is 1.72. The topological polar surface area (TPSA) is 98.9 Å². The van der Waals surface area contributed by atoms with Crippen molar-refractivity contribution in [1.82, 2.24) is 15.1 Å². The second-order valence-corrected chi connectivity index (χ2v) is 3.90. The lowest BCUT2D eigenvalue weighted by atomic mass is 10.3. The number of nitrogens with two attached hydrogens (primary N) is 1. The maximum absolute atomic E-state index is 11.7. The van der Waals surface area contributed by atoms with E-state index in [9.17, 15) is 9.59 Å². The SMILES string of the molecule is NCCNC(=O)C(=O)N1CCN(CCO)CC1. The third kappa shape index (κ3) is 4.29. The predicted molar refractivity (Wildman–Crippen MR) is 62.2 cm³/mol. The van der Waals surface area contributed by atoms with Gasteiger partial charge in [-0.05, 0) is 0 Å². The van der Waals surface area contributed by atoms with Crippen LogP contribution < -0.4 is 11.1 Å². The first-order valence-electron chi connectivity index (χ1n) is 5.79. The molecule has 1 heterocycles. The largest absolute Gasteiger partial charge is 0.395 e. The van der Waals surface area contributed by atoms with Crippen molar-refractivity contribution in [3.05, 3.63) is 0 Å². The molecule has 7 heteroatoms. The minimum absolute atomic E-state index is 0.116. The molecule has 1 saturated heterocycles.